The second-order valence-corrected chi connectivity index (χ2v) is 5.05. The molecule has 0 saturated heterocycles. The molecule has 0 aliphatic heterocycles. The predicted octanol–water partition coefficient (Wildman–Crippen LogP) is 2.39. The van der Waals surface area contributed by atoms with E-state index in [-0.39, 0.29) is 6.04 Å². The first-order chi connectivity index (χ1) is 8.16. The molecular weight excluding hydrogens is 234 g/mol. The molecule has 2 aromatic heterocycles. The summed E-state index contributed by atoms with van der Waals surface area (Å²) in [5, 5.41) is 11.6. The number of hydrogen-bond acceptors (Lipinski definition) is 3. The van der Waals surface area contributed by atoms with Gasteiger partial charge < -0.3 is 0 Å². The maximum Gasteiger partial charge on any atom is 0.195 e. The second kappa shape index (κ2) is 3.80. The zero-order valence-electron chi connectivity index (χ0n) is 9.92. The van der Waals surface area contributed by atoms with E-state index in [0.717, 1.165) is 16.2 Å². The Kier molecular flexibility index (Phi) is 2.39. The van der Waals surface area contributed by atoms with Gasteiger partial charge in [0.15, 0.2) is 10.6 Å². The molecule has 1 atom stereocenters. The van der Waals surface area contributed by atoms with Gasteiger partial charge in [-0.05, 0) is 44.5 Å². The molecule has 1 N–H and O–H groups in total. The Morgan fingerprint density at radius 3 is 2.88 bits per heavy atom. The summed E-state index contributed by atoms with van der Waals surface area (Å²) in [5.74, 6) is 0.973. The van der Waals surface area contributed by atoms with Crippen LogP contribution in [0.15, 0.2) is 12.4 Å². The molecule has 3 rings (SSSR count). The third-order valence-corrected chi connectivity index (χ3v) is 3.43. The van der Waals surface area contributed by atoms with Gasteiger partial charge in [-0.15, -0.1) is 0 Å². The van der Waals surface area contributed by atoms with Crippen molar-refractivity contribution >= 4 is 12.2 Å². The lowest BCUT2D eigenvalue weighted by Crippen LogP contribution is -2.13. The smallest absolute Gasteiger partial charge is 0.195 e. The van der Waals surface area contributed by atoms with Crippen molar-refractivity contribution in [3.63, 3.8) is 0 Å². The predicted molar refractivity (Wildman–Crippen MR) is 66.5 cm³/mol. The van der Waals surface area contributed by atoms with Crippen LogP contribution >= 0.6 is 12.2 Å². The van der Waals surface area contributed by atoms with E-state index in [2.05, 4.69) is 26.8 Å². The summed E-state index contributed by atoms with van der Waals surface area (Å²) in [6.45, 7) is 4.13. The van der Waals surface area contributed by atoms with Crippen molar-refractivity contribution in [1.82, 2.24) is 24.5 Å². The van der Waals surface area contributed by atoms with E-state index in [0.29, 0.717) is 6.04 Å². The van der Waals surface area contributed by atoms with Gasteiger partial charge in [0.25, 0.3) is 0 Å². The van der Waals surface area contributed by atoms with E-state index in [9.17, 15) is 0 Å². The van der Waals surface area contributed by atoms with Crippen LogP contribution in [0.5, 0.6) is 0 Å². The number of aromatic nitrogens is 5. The van der Waals surface area contributed by atoms with E-state index in [1.807, 2.05) is 24.0 Å². The minimum atomic E-state index is 0.109. The summed E-state index contributed by atoms with van der Waals surface area (Å²) in [5.41, 5.74) is 1.16. The SMILES string of the molecule is Cc1cnn([C@@H](C)c2n[nH]c(=S)n2C2CC2)c1. The third-order valence-electron chi connectivity index (χ3n) is 3.14. The van der Waals surface area contributed by atoms with Crippen LogP contribution in [0.3, 0.4) is 0 Å². The first-order valence-corrected chi connectivity index (χ1v) is 6.25. The number of rotatable bonds is 3. The molecule has 0 aromatic carbocycles. The summed E-state index contributed by atoms with van der Waals surface area (Å²) in [6, 6.07) is 0.646. The number of nitrogens with zero attached hydrogens (tertiary/aromatic N) is 4. The standard InChI is InChI=1S/C11H15N5S/c1-7-5-12-15(6-7)8(2)10-13-14-11(17)16(10)9-3-4-9/h5-6,8-9H,3-4H2,1-2H3,(H,14,17)/t8-/m0/s1. The number of aromatic amines is 1. The third kappa shape index (κ3) is 1.82. The van der Waals surface area contributed by atoms with Crippen LogP contribution in [0.1, 0.15) is 43.2 Å². The zero-order valence-corrected chi connectivity index (χ0v) is 10.7. The fourth-order valence-electron chi connectivity index (χ4n) is 2.06. The van der Waals surface area contributed by atoms with E-state index in [1.165, 1.54) is 12.8 Å². The van der Waals surface area contributed by atoms with Crippen LogP contribution < -0.4 is 0 Å². The minimum absolute atomic E-state index is 0.109. The molecule has 5 nitrogen and oxygen atoms in total. The van der Waals surface area contributed by atoms with Crippen LogP contribution in [0, 0.1) is 11.7 Å². The van der Waals surface area contributed by atoms with Gasteiger partial charge in [0.2, 0.25) is 0 Å². The molecule has 6 heteroatoms. The Labute approximate surface area is 104 Å². The highest BCUT2D eigenvalue weighted by Gasteiger charge is 2.29. The first kappa shape index (κ1) is 10.7. The van der Waals surface area contributed by atoms with Gasteiger partial charge in [0.05, 0.1) is 6.20 Å². The van der Waals surface area contributed by atoms with Crippen molar-refractivity contribution in [2.75, 3.05) is 0 Å². The molecule has 1 aliphatic carbocycles. The molecule has 1 aliphatic rings. The topological polar surface area (TPSA) is 51.4 Å². The Bertz CT molecular complexity index is 589. The molecule has 0 unspecified atom stereocenters. The molecule has 17 heavy (non-hydrogen) atoms. The van der Waals surface area contributed by atoms with Crippen molar-refractivity contribution < 1.29 is 0 Å². The fourth-order valence-corrected chi connectivity index (χ4v) is 2.35. The van der Waals surface area contributed by atoms with Gasteiger partial charge in [0, 0.05) is 12.2 Å². The van der Waals surface area contributed by atoms with E-state index < -0.39 is 0 Å². The van der Waals surface area contributed by atoms with Crippen molar-refractivity contribution in [3.8, 4) is 0 Å². The molecule has 1 fully saturated rings. The van der Waals surface area contributed by atoms with Crippen molar-refractivity contribution in [3.05, 3.63) is 28.6 Å². The zero-order chi connectivity index (χ0) is 12.0. The quantitative estimate of drug-likeness (QED) is 0.850. The number of hydrogen-bond donors (Lipinski definition) is 1. The summed E-state index contributed by atoms with van der Waals surface area (Å²) in [6.07, 6.45) is 6.29. The number of aryl methyl sites for hydroxylation is 1. The molecule has 0 bridgehead atoms. The molecular formula is C11H15N5S. The lowest BCUT2D eigenvalue weighted by Gasteiger charge is -2.12. The Morgan fingerprint density at radius 2 is 2.29 bits per heavy atom. The number of H-pyrrole nitrogens is 1. The van der Waals surface area contributed by atoms with Gasteiger partial charge in [-0.25, -0.2) is 0 Å². The Morgan fingerprint density at radius 1 is 1.53 bits per heavy atom. The molecule has 90 valence electrons. The first-order valence-electron chi connectivity index (χ1n) is 5.84. The van der Waals surface area contributed by atoms with Crippen molar-refractivity contribution in [1.29, 1.82) is 0 Å². The van der Waals surface area contributed by atoms with E-state index in [1.54, 1.807) is 0 Å². The summed E-state index contributed by atoms with van der Waals surface area (Å²) >= 11 is 5.28. The monoisotopic (exact) mass is 249 g/mol. The molecule has 2 heterocycles. The lowest BCUT2D eigenvalue weighted by atomic mass is 10.3. The Hall–Kier alpha value is -1.43. The van der Waals surface area contributed by atoms with Crippen LogP contribution in [0.2, 0.25) is 0 Å². The highest BCUT2D eigenvalue weighted by Crippen LogP contribution is 2.37. The highest BCUT2D eigenvalue weighted by molar-refractivity contribution is 7.71. The van der Waals surface area contributed by atoms with Crippen LogP contribution in [0.25, 0.3) is 0 Å². The summed E-state index contributed by atoms with van der Waals surface area (Å²) in [7, 11) is 0. The van der Waals surface area contributed by atoms with Crippen molar-refractivity contribution in [2.45, 2.75) is 38.8 Å². The van der Waals surface area contributed by atoms with E-state index >= 15 is 0 Å². The van der Waals surface area contributed by atoms with E-state index in [4.69, 9.17) is 12.2 Å². The average molecular weight is 249 g/mol. The molecule has 0 radical (unpaired) electrons. The normalized spacial score (nSPS) is 17.3. The highest BCUT2D eigenvalue weighted by atomic mass is 32.1. The van der Waals surface area contributed by atoms with Gasteiger partial charge in [-0.1, -0.05) is 0 Å². The second-order valence-electron chi connectivity index (χ2n) is 4.66. The average Bonchev–Trinajstić information content (AvgIpc) is 2.93. The van der Waals surface area contributed by atoms with Crippen molar-refractivity contribution in [2.24, 2.45) is 0 Å². The maximum atomic E-state index is 5.28. The molecule has 1 saturated carbocycles. The van der Waals surface area contributed by atoms with Gasteiger partial charge >= 0.3 is 0 Å². The van der Waals surface area contributed by atoms with Crippen LogP contribution in [-0.4, -0.2) is 24.5 Å². The van der Waals surface area contributed by atoms with Gasteiger partial charge in [-0.2, -0.15) is 10.2 Å². The molecule has 0 amide bonds. The lowest BCUT2D eigenvalue weighted by molar-refractivity contribution is 0.503. The largest absolute Gasteiger partial charge is 0.299 e. The summed E-state index contributed by atoms with van der Waals surface area (Å²) in [4.78, 5) is 0. The minimum Gasteiger partial charge on any atom is -0.299 e. The summed E-state index contributed by atoms with van der Waals surface area (Å²) < 4.78 is 4.79. The Balaban J connectivity index is 2.01. The molecule has 2 aromatic rings. The van der Waals surface area contributed by atoms with Gasteiger partial charge in [-0.3, -0.25) is 14.3 Å². The van der Waals surface area contributed by atoms with Crippen LogP contribution in [-0.2, 0) is 0 Å². The maximum absolute atomic E-state index is 5.28. The molecule has 0 spiro atoms. The van der Waals surface area contributed by atoms with Gasteiger partial charge in [0.1, 0.15) is 6.04 Å². The van der Waals surface area contributed by atoms with Crippen LogP contribution in [0.4, 0.5) is 0 Å². The fraction of sp³-hybridized carbons (Fsp3) is 0.545. The number of nitrogens with one attached hydrogen (secondary N) is 1.